The zero-order valence-corrected chi connectivity index (χ0v) is 23.8. The summed E-state index contributed by atoms with van der Waals surface area (Å²) >= 11 is 0. The molecule has 1 unspecified atom stereocenters. The first-order chi connectivity index (χ1) is 14.1. The maximum atomic E-state index is 13.8. The number of ether oxygens (including phenoxy) is 2. The Hall–Kier alpha value is 0.0816. The maximum absolute atomic E-state index is 13.8. The average molecular weight is 667 g/mol. The van der Waals surface area contributed by atoms with Crippen LogP contribution in [0.1, 0.15) is 47.5 Å². The number of aliphatic hydroxyl groups is 5. The van der Waals surface area contributed by atoms with Crippen molar-refractivity contribution in [1.29, 1.82) is 0 Å². The van der Waals surface area contributed by atoms with Crippen molar-refractivity contribution in [2.45, 2.75) is 89.2 Å². The Morgan fingerprint density at radius 3 is 2.25 bits per heavy atom. The zero-order chi connectivity index (χ0) is 23.3. The van der Waals surface area contributed by atoms with Crippen LogP contribution in [-0.2, 0) is 19.1 Å². The minimum atomic E-state index is -1.95. The van der Waals surface area contributed by atoms with Gasteiger partial charge in [0, 0.05) is 75.2 Å². The standard InChI is InChI=1S/C22H32O9.Ac/c1-9-11(24)7-22(29)18(31-10(2)23)16-20(5,12(25)6-13-21(16,28)8-30-13)17(27)15(26)14(9)19(22,3)4;/h11-13,15-16,18,24-26,28-29H,6-8H2,1-5H3;/t11-,12-,13+,15+,16?,18-,20+,21-,22+;/m0./s1. The fourth-order valence-electron chi connectivity index (χ4n) is 6.69. The van der Waals surface area contributed by atoms with Crippen molar-refractivity contribution in [3.05, 3.63) is 11.1 Å². The van der Waals surface area contributed by atoms with Crippen molar-refractivity contribution in [3.63, 3.8) is 0 Å². The smallest absolute Gasteiger partial charge is 0.303 e. The third-order valence-corrected chi connectivity index (χ3v) is 8.69. The predicted molar refractivity (Wildman–Crippen MR) is 106 cm³/mol. The van der Waals surface area contributed by atoms with Crippen molar-refractivity contribution in [1.82, 2.24) is 0 Å². The average Bonchev–Trinajstić information content (AvgIpc) is 2.66. The van der Waals surface area contributed by atoms with E-state index in [9.17, 15) is 35.1 Å². The van der Waals surface area contributed by atoms with Gasteiger partial charge in [-0.05, 0) is 25.0 Å². The first-order valence-corrected chi connectivity index (χ1v) is 10.7. The van der Waals surface area contributed by atoms with Gasteiger partial charge in [-0.25, -0.2) is 0 Å². The van der Waals surface area contributed by atoms with Crippen LogP contribution in [0.5, 0.6) is 0 Å². The van der Waals surface area contributed by atoms with Gasteiger partial charge in [-0.1, -0.05) is 13.8 Å². The maximum Gasteiger partial charge on any atom is 0.303 e. The van der Waals surface area contributed by atoms with Gasteiger partial charge in [0.25, 0.3) is 0 Å². The van der Waals surface area contributed by atoms with Gasteiger partial charge >= 0.3 is 5.97 Å². The molecule has 0 aromatic rings. The molecule has 1 radical (unpaired) electrons. The second kappa shape index (κ2) is 8.06. The van der Waals surface area contributed by atoms with Crippen LogP contribution in [0.2, 0.25) is 0 Å². The topological polar surface area (TPSA) is 154 Å². The van der Waals surface area contributed by atoms with Crippen molar-refractivity contribution in [2.24, 2.45) is 16.7 Å². The Balaban J connectivity index is 0.00000289. The van der Waals surface area contributed by atoms with Crippen LogP contribution in [-0.4, -0.2) is 85.6 Å². The number of fused-ring (bicyclic) bond motifs is 5. The minimum Gasteiger partial charge on any atom is -0.459 e. The van der Waals surface area contributed by atoms with E-state index >= 15 is 0 Å². The van der Waals surface area contributed by atoms with Gasteiger partial charge in [0.2, 0.25) is 0 Å². The van der Waals surface area contributed by atoms with Gasteiger partial charge in [0.05, 0.1) is 30.3 Å². The summed E-state index contributed by atoms with van der Waals surface area (Å²) in [6.07, 6.45) is -6.80. The van der Waals surface area contributed by atoms with Crippen molar-refractivity contribution in [2.75, 3.05) is 6.61 Å². The number of carbonyl (C=O) groups is 2. The molecule has 3 fully saturated rings. The molecule has 3 aliphatic carbocycles. The molecule has 0 aromatic heterocycles. The third kappa shape index (κ3) is 3.14. The number of hydrogen-bond acceptors (Lipinski definition) is 9. The van der Waals surface area contributed by atoms with E-state index in [-0.39, 0.29) is 69.1 Å². The fourth-order valence-corrected chi connectivity index (χ4v) is 6.69. The van der Waals surface area contributed by atoms with E-state index < -0.39 is 70.2 Å². The molecule has 5 N–H and O–H groups in total. The zero-order valence-electron chi connectivity index (χ0n) is 19.0. The molecule has 10 heteroatoms. The Kier molecular flexibility index (Phi) is 6.72. The van der Waals surface area contributed by atoms with Crippen molar-refractivity contribution in [3.8, 4) is 0 Å². The summed E-state index contributed by atoms with van der Waals surface area (Å²) in [6.45, 7) is 7.23. The Bertz CT molecular complexity index is 871. The summed E-state index contributed by atoms with van der Waals surface area (Å²) in [7, 11) is 0. The summed E-state index contributed by atoms with van der Waals surface area (Å²) in [5.74, 6) is -2.77. The molecule has 4 rings (SSSR count). The van der Waals surface area contributed by atoms with Gasteiger partial charge in [0.1, 0.15) is 23.4 Å². The van der Waals surface area contributed by atoms with Gasteiger partial charge < -0.3 is 35.0 Å². The molecule has 177 valence electrons. The number of hydrogen-bond donors (Lipinski definition) is 5. The van der Waals surface area contributed by atoms with Gasteiger partial charge in [0.15, 0.2) is 5.78 Å². The number of ketones is 1. The second-order valence-electron chi connectivity index (χ2n) is 10.5. The number of esters is 1. The van der Waals surface area contributed by atoms with Crippen LogP contribution in [0.3, 0.4) is 0 Å². The largest absolute Gasteiger partial charge is 0.459 e. The molecule has 9 nitrogen and oxygen atoms in total. The summed E-state index contributed by atoms with van der Waals surface area (Å²) in [5.41, 5.74) is -6.17. The van der Waals surface area contributed by atoms with Crippen LogP contribution < -0.4 is 0 Å². The molecule has 32 heavy (non-hydrogen) atoms. The SMILES string of the molecule is CC(=O)O[C@H]1C2[C@]3(O)CO[C@@H]3C[C@H](O)[C@@]2(C)C(=O)[C@H](O)C2=C(C)[C@@H](O)C[C@]1(O)C2(C)C.[Ac]. The van der Waals surface area contributed by atoms with Crippen LogP contribution in [0.4, 0.5) is 0 Å². The molecule has 0 aromatic carbocycles. The quantitative estimate of drug-likeness (QED) is 0.179. The molecule has 2 bridgehead atoms. The fraction of sp³-hybridized carbons (Fsp3) is 0.818. The van der Waals surface area contributed by atoms with E-state index in [1.54, 1.807) is 20.8 Å². The van der Waals surface area contributed by atoms with Gasteiger partial charge in [-0.15, -0.1) is 0 Å². The van der Waals surface area contributed by atoms with E-state index in [0.29, 0.717) is 5.57 Å². The first-order valence-electron chi connectivity index (χ1n) is 10.7. The van der Waals surface area contributed by atoms with E-state index in [1.807, 2.05) is 0 Å². The first kappa shape index (κ1) is 26.7. The molecular weight excluding hydrogens is 635 g/mol. The number of aliphatic hydroxyl groups excluding tert-OH is 3. The molecule has 0 amide bonds. The van der Waals surface area contributed by atoms with Crippen molar-refractivity contribution >= 4 is 11.8 Å². The monoisotopic (exact) mass is 667 g/mol. The molecule has 9 atom stereocenters. The minimum absolute atomic E-state index is 0. The second-order valence-corrected chi connectivity index (χ2v) is 10.5. The normalized spacial score (nSPS) is 49.5. The number of rotatable bonds is 1. The number of Topliss-reactive ketones (excluding diaryl/α,β-unsaturated/α-hetero) is 1. The summed E-state index contributed by atoms with van der Waals surface area (Å²) in [5, 5.41) is 56.7. The van der Waals surface area contributed by atoms with Gasteiger partial charge in [-0.2, -0.15) is 0 Å². The van der Waals surface area contributed by atoms with Gasteiger partial charge in [-0.3, -0.25) is 9.59 Å². The molecule has 0 spiro atoms. The van der Waals surface area contributed by atoms with E-state index in [0.717, 1.165) is 6.92 Å². The summed E-state index contributed by atoms with van der Waals surface area (Å²) < 4.78 is 11.1. The molecular formula is C22H32AcO9. The number of carbonyl (C=O) groups excluding carboxylic acids is 2. The summed E-state index contributed by atoms with van der Waals surface area (Å²) in [6, 6.07) is 0. The molecule has 4 aliphatic rings. The van der Waals surface area contributed by atoms with Crippen LogP contribution >= 0.6 is 0 Å². The van der Waals surface area contributed by atoms with E-state index in [1.165, 1.54) is 6.92 Å². The van der Waals surface area contributed by atoms with Crippen LogP contribution in [0.15, 0.2) is 11.1 Å². The van der Waals surface area contributed by atoms with Crippen LogP contribution in [0, 0.1) is 60.8 Å². The Morgan fingerprint density at radius 1 is 1.16 bits per heavy atom. The van der Waals surface area contributed by atoms with E-state index in [2.05, 4.69) is 0 Å². The third-order valence-electron chi connectivity index (χ3n) is 8.69. The molecule has 1 heterocycles. The predicted octanol–water partition coefficient (Wildman–Crippen LogP) is -0.783. The molecule has 1 aliphatic heterocycles. The molecule has 1 saturated heterocycles. The summed E-state index contributed by atoms with van der Waals surface area (Å²) in [4.78, 5) is 25.9. The van der Waals surface area contributed by atoms with E-state index in [4.69, 9.17) is 9.47 Å². The Morgan fingerprint density at radius 2 is 1.75 bits per heavy atom. The van der Waals surface area contributed by atoms with Crippen molar-refractivity contribution < 1.29 is 88.7 Å². The van der Waals surface area contributed by atoms with Crippen LogP contribution in [0.25, 0.3) is 0 Å². The Labute approximate surface area is 222 Å². The molecule has 2 saturated carbocycles.